The number of amides is 2. The van der Waals surface area contributed by atoms with Gasteiger partial charge in [0.1, 0.15) is 5.37 Å². The lowest BCUT2D eigenvalue weighted by Gasteiger charge is -2.26. The first-order valence-electron chi connectivity index (χ1n) is 10.5. The Morgan fingerprint density at radius 3 is 2.24 bits per heavy atom. The zero-order valence-electron chi connectivity index (χ0n) is 18.6. The van der Waals surface area contributed by atoms with Crippen molar-refractivity contribution in [2.75, 3.05) is 16.0 Å². The lowest BCUT2D eigenvalue weighted by Crippen LogP contribution is -2.28. The molecule has 1 saturated heterocycles. The normalized spacial score (nSPS) is 16.2. The van der Waals surface area contributed by atoms with E-state index in [-0.39, 0.29) is 22.6 Å². The zero-order valence-corrected chi connectivity index (χ0v) is 20.9. The molecular formula is C26H24Cl2N2O2S. The van der Waals surface area contributed by atoms with Crippen LogP contribution in [0.25, 0.3) is 0 Å². The summed E-state index contributed by atoms with van der Waals surface area (Å²) in [6.07, 6.45) is 0. The van der Waals surface area contributed by atoms with E-state index in [2.05, 4.69) is 38.2 Å². The Kier molecular flexibility index (Phi) is 6.76. The number of hydrogen-bond acceptors (Lipinski definition) is 3. The SMILES string of the molecule is CC(C)(C)c1ccc(N2C(=O)CSC2c2ccc(NC(=O)c3ccc(Cl)c(Cl)c3)cc2)cc1. The molecule has 2 amide bonds. The monoisotopic (exact) mass is 498 g/mol. The second-order valence-corrected chi connectivity index (χ2v) is 10.8. The molecule has 1 heterocycles. The second kappa shape index (κ2) is 9.41. The summed E-state index contributed by atoms with van der Waals surface area (Å²) >= 11 is 13.5. The quantitative estimate of drug-likeness (QED) is 0.409. The maximum atomic E-state index is 12.7. The van der Waals surface area contributed by atoms with Gasteiger partial charge < -0.3 is 5.32 Å². The molecular weight excluding hydrogens is 475 g/mol. The van der Waals surface area contributed by atoms with Crippen molar-refractivity contribution >= 4 is 58.2 Å². The van der Waals surface area contributed by atoms with Gasteiger partial charge in [0, 0.05) is 16.9 Å². The minimum Gasteiger partial charge on any atom is -0.322 e. The average Bonchev–Trinajstić information content (AvgIpc) is 3.17. The van der Waals surface area contributed by atoms with Crippen LogP contribution in [0.2, 0.25) is 10.0 Å². The number of thioether (sulfide) groups is 1. The van der Waals surface area contributed by atoms with E-state index in [1.165, 1.54) is 11.6 Å². The van der Waals surface area contributed by atoms with E-state index in [1.807, 2.05) is 41.3 Å². The maximum Gasteiger partial charge on any atom is 0.255 e. The number of nitrogens with zero attached hydrogens (tertiary/aromatic N) is 1. The fourth-order valence-electron chi connectivity index (χ4n) is 3.64. The highest BCUT2D eigenvalue weighted by Crippen LogP contribution is 2.42. The van der Waals surface area contributed by atoms with Gasteiger partial charge in [-0.05, 0) is 59.0 Å². The lowest BCUT2D eigenvalue weighted by atomic mass is 9.87. The number of hydrogen-bond donors (Lipinski definition) is 1. The van der Waals surface area contributed by atoms with Gasteiger partial charge in [0.2, 0.25) is 5.91 Å². The van der Waals surface area contributed by atoms with Crippen molar-refractivity contribution in [2.24, 2.45) is 0 Å². The first kappa shape index (κ1) is 23.7. The highest BCUT2D eigenvalue weighted by molar-refractivity contribution is 8.00. The number of halogens is 2. The predicted octanol–water partition coefficient (Wildman–Crippen LogP) is 7.32. The molecule has 4 nitrogen and oxygen atoms in total. The van der Waals surface area contributed by atoms with Crippen LogP contribution in [-0.4, -0.2) is 17.6 Å². The van der Waals surface area contributed by atoms with Crippen LogP contribution >= 0.6 is 35.0 Å². The average molecular weight is 499 g/mol. The van der Waals surface area contributed by atoms with E-state index in [9.17, 15) is 9.59 Å². The molecule has 1 atom stereocenters. The van der Waals surface area contributed by atoms with Crippen LogP contribution in [0.1, 0.15) is 47.6 Å². The zero-order chi connectivity index (χ0) is 23.8. The summed E-state index contributed by atoms with van der Waals surface area (Å²) in [5, 5.41) is 3.49. The third kappa shape index (κ3) is 5.21. The smallest absolute Gasteiger partial charge is 0.255 e. The van der Waals surface area contributed by atoms with E-state index < -0.39 is 0 Å². The minimum absolute atomic E-state index is 0.0549. The molecule has 1 unspecified atom stereocenters. The Bertz CT molecular complexity index is 1190. The Morgan fingerprint density at radius 1 is 0.970 bits per heavy atom. The number of carbonyl (C=O) groups excluding carboxylic acids is 2. The molecule has 1 aliphatic rings. The number of nitrogens with one attached hydrogen (secondary N) is 1. The molecule has 0 radical (unpaired) electrons. The summed E-state index contributed by atoms with van der Waals surface area (Å²) in [4.78, 5) is 27.1. The van der Waals surface area contributed by atoms with Gasteiger partial charge in [-0.1, -0.05) is 68.2 Å². The molecule has 1 N–H and O–H groups in total. The third-order valence-electron chi connectivity index (χ3n) is 5.51. The number of carbonyl (C=O) groups is 2. The Hall–Kier alpha value is -2.47. The molecule has 3 aromatic carbocycles. The van der Waals surface area contributed by atoms with E-state index in [0.29, 0.717) is 27.0 Å². The van der Waals surface area contributed by atoms with Gasteiger partial charge in [-0.25, -0.2) is 0 Å². The standard InChI is InChI=1S/C26H24Cl2N2O2S/c1-26(2,3)18-7-11-20(12-8-18)30-23(31)15-33-25(30)16-4-9-19(10-5-16)29-24(32)17-6-13-21(27)22(28)14-17/h4-14,25H,15H2,1-3H3,(H,29,32). The van der Waals surface area contributed by atoms with Crippen LogP contribution in [0, 0.1) is 0 Å². The van der Waals surface area contributed by atoms with Crippen molar-refractivity contribution in [2.45, 2.75) is 31.6 Å². The summed E-state index contributed by atoms with van der Waals surface area (Å²) in [5.41, 5.74) is 4.25. The Labute approximate surface area is 208 Å². The molecule has 0 spiro atoms. The summed E-state index contributed by atoms with van der Waals surface area (Å²) in [6, 6.07) is 20.5. The third-order valence-corrected chi connectivity index (χ3v) is 7.47. The van der Waals surface area contributed by atoms with E-state index in [0.717, 1.165) is 11.3 Å². The van der Waals surface area contributed by atoms with Crippen LogP contribution in [0.4, 0.5) is 11.4 Å². The maximum absolute atomic E-state index is 12.7. The molecule has 0 aromatic heterocycles. The van der Waals surface area contributed by atoms with Crippen LogP contribution in [-0.2, 0) is 10.2 Å². The number of anilines is 2. The first-order chi connectivity index (χ1) is 15.6. The van der Waals surface area contributed by atoms with Crippen LogP contribution in [0.15, 0.2) is 66.7 Å². The van der Waals surface area contributed by atoms with Gasteiger partial charge in [-0.2, -0.15) is 0 Å². The molecule has 0 saturated carbocycles. The Morgan fingerprint density at radius 2 is 1.64 bits per heavy atom. The summed E-state index contributed by atoms with van der Waals surface area (Å²) in [7, 11) is 0. The topological polar surface area (TPSA) is 49.4 Å². The Balaban J connectivity index is 1.51. The highest BCUT2D eigenvalue weighted by Gasteiger charge is 2.34. The second-order valence-electron chi connectivity index (χ2n) is 8.93. The van der Waals surface area contributed by atoms with E-state index in [1.54, 1.807) is 23.9 Å². The molecule has 0 aliphatic carbocycles. The van der Waals surface area contributed by atoms with Crippen molar-refractivity contribution in [1.82, 2.24) is 0 Å². The van der Waals surface area contributed by atoms with Crippen molar-refractivity contribution in [3.8, 4) is 0 Å². The molecule has 170 valence electrons. The van der Waals surface area contributed by atoms with Gasteiger partial charge in [0.25, 0.3) is 5.91 Å². The van der Waals surface area contributed by atoms with Crippen molar-refractivity contribution in [3.63, 3.8) is 0 Å². The summed E-state index contributed by atoms with van der Waals surface area (Å²) in [6.45, 7) is 6.51. The molecule has 3 aromatic rings. The van der Waals surface area contributed by atoms with Crippen molar-refractivity contribution < 1.29 is 9.59 Å². The number of rotatable bonds is 4. The molecule has 0 bridgehead atoms. The molecule has 1 fully saturated rings. The first-order valence-corrected chi connectivity index (χ1v) is 12.3. The van der Waals surface area contributed by atoms with E-state index in [4.69, 9.17) is 23.2 Å². The molecule has 7 heteroatoms. The van der Waals surface area contributed by atoms with Crippen molar-refractivity contribution in [3.05, 3.63) is 93.5 Å². The number of benzene rings is 3. The minimum atomic E-state index is -0.271. The van der Waals surface area contributed by atoms with Gasteiger partial charge in [-0.15, -0.1) is 11.8 Å². The molecule has 33 heavy (non-hydrogen) atoms. The summed E-state index contributed by atoms with van der Waals surface area (Å²) < 4.78 is 0. The van der Waals surface area contributed by atoms with Gasteiger partial charge >= 0.3 is 0 Å². The van der Waals surface area contributed by atoms with Crippen LogP contribution in [0.5, 0.6) is 0 Å². The van der Waals surface area contributed by atoms with Gasteiger partial charge in [-0.3, -0.25) is 14.5 Å². The summed E-state index contributed by atoms with van der Waals surface area (Å²) in [5.74, 6) is 0.249. The predicted molar refractivity (Wildman–Crippen MR) is 139 cm³/mol. The molecule has 4 rings (SSSR count). The largest absolute Gasteiger partial charge is 0.322 e. The van der Waals surface area contributed by atoms with Gasteiger partial charge in [0.05, 0.1) is 15.8 Å². The van der Waals surface area contributed by atoms with Crippen molar-refractivity contribution in [1.29, 1.82) is 0 Å². The fraction of sp³-hybridized carbons (Fsp3) is 0.231. The van der Waals surface area contributed by atoms with Crippen LogP contribution < -0.4 is 10.2 Å². The fourth-order valence-corrected chi connectivity index (χ4v) is 5.12. The highest BCUT2D eigenvalue weighted by atomic mass is 35.5. The lowest BCUT2D eigenvalue weighted by molar-refractivity contribution is -0.115. The van der Waals surface area contributed by atoms with E-state index >= 15 is 0 Å². The van der Waals surface area contributed by atoms with Crippen LogP contribution in [0.3, 0.4) is 0 Å². The molecule has 1 aliphatic heterocycles. The van der Waals surface area contributed by atoms with Gasteiger partial charge in [0.15, 0.2) is 0 Å².